The number of esters is 2. The molecule has 1 heterocycles. The molecule has 14 heteroatoms. The number of anilines is 1. The first-order chi connectivity index (χ1) is 17.2. The van der Waals surface area contributed by atoms with Crippen LogP contribution in [0.3, 0.4) is 0 Å². The Labute approximate surface area is 206 Å². The Kier molecular flexibility index (Phi) is 10.8. The highest BCUT2D eigenvalue weighted by Gasteiger charge is 2.33. The van der Waals surface area contributed by atoms with Gasteiger partial charge in [0.25, 0.3) is 11.8 Å². The molecule has 2 unspecified atom stereocenters. The average Bonchev–Trinajstić information content (AvgIpc) is 2.92. The lowest BCUT2D eigenvalue weighted by atomic mass is 10.0. The molecule has 2 rings (SSSR count). The number of nitrogens with zero attached hydrogens (tertiary/aromatic N) is 1. The normalized spacial score (nSPS) is 15.1. The van der Waals surface area contributed by atoms with Gasteiger partial charge in [-0.15, -0.1) is 0 Å². The summed E-state index contributed by atoms with van der Waals surface area (Å²) >= 11 is 0. The van der Waals surface area contributed by atoms with Crippen molar-refractivity contribution in [2.24, 2.45) is 0 Å². The fourth-order valence-corrected chi connectivity index (χ4v) is 3.13. The van der Waals surface area contributed by atoms with Gasteiger partial charge in [-0.1, -0.05) is 0 Å². The van der Waals surface area contributed by atoms with Crippen molar-refractivity contribution >= 4 is 29.4 Å². The molecule has 6 N–H and O–H groups in total. The summed E-state index contributed by atoms with van der Waals surface area (Å²) < 4.78 is 15.0. The number of aliphatic hydroxyl groups is 4. The number of carbonyl (C=O) groups excluding carboxylic acids is 4. The second-order valence-electron chi connectivity index (χ2n) is 7.58. The lowest BCUT2D eigenvalue weighted by Gasteiger charge is -2.31. The number of amides is 2. The van der Waals surface area contributed by atoms with Gasteiger partial charge in [0.15, 0.2) is 0 Å². The van der Waals surface area contributed by atoms with Gasteiger partial charge in [0.2, 0.25) is 0 Å². The van der Waals surface area contributed by atoms with E-state index in [1.54, 1.807) is 0 Å². The van der Waals surface area contributed by atoms with Crippen LogP contribution in [0.2, 0.25) is 0 Å². The molecule has 0 fully saturated rings. The third-order valence-corrected chi connectivity index (χ3v) is 5.00. The number of nitrogens with one attached hydrogen (secondary N) is 2. The van der Waals surface area contributed by atoms with Crippen LogP contribution in [0.25, 0.3) is 0 Å². The van der Waals surface area contributed by atoms with Crippen LogP contribution in [0, 0.1) is 0 Å². The minimum absolute atomic E-state index is 0.0695. The van der Waals surface area contributed by atoms with E-state index in [0.717, 1.165) is 14.2 Å². The Morgan fingerprint density at radius 1 is 0.917 bits per heavy atom. The zero-order chi connectivity index (χ0) is 26.8. The van der Waals surface area contributed by atoms with E-state index >= 15 is 0 Å². The predicted octanol–water partition coefficient (Wildman–Crippen LogP) is -2.75. The number of benzene rings is 1. The van der Waals surface area contributed by atoms with Crippen molar-refractivity contribution in [1.29, 1.82) is 0 Å². The van der Waals surface area contributed by atoms with E-state index in [-0.39, 0.29) is 54.5 Å². The number of aliphatic hydroxyl groups excluding tert-OH is 4. The number of hydrogen-bond acceptors (Lipinski definition) is 12. The second-order valence-corrected chi connectivity index (χ2v) is 7.58. The highest BCUT2D eigenvalue weighted by atomic mass is 16.5. The molecule has 0 bridgehead atoms. The van der Waals surface area contributed by atoms with Gasteiger partial charge < -0.3 is 50.2 Å². The molecule has 0 saturated carbocycles. The Morgan fingerprint density at radius 2 is 1.42 bits per heavy atom. The third-order valence-electron chi connectivity index (χ3n) is 5.00. The fraction of sp³-hybridized carbons (Fsp3) is 0.455. The summed E-state index contributed by atoms with van der Waals surface area (Å²) in [5.41, 5.74) is -0.404. The standard InChI is InChI=1S/C22H29N3O11/c1-34-21(32)17-10-36-11-25(18(17)22(33)35-2)14-4-12(19(30)23-6-15(28)8-26)3-13(5-14)20(31)24-7-16(29)9-27/h3-5,15-16,26-29H,6-11H2,1-2H3,(H,23,30)(H,24,31). The zero-order valence-electron chi connectivity index (χ0n) is 19.7. The molecule has 198 valence electrons. The molecule has 14 nitrogen and oxygen atoms in total. The maximum absolute atomic E-state index is 12.7. The van der Waals surface area contributed by atoms with Crippen molar-refractivity contribution in [2.45, 2.75) is 12.2 Å². The summed E-state index contributed by atoms with van der Waals surface area (Å²) in [6.45, 7) is -2.23. The molecule has 0 aromatic heterocycles. The van der Waals surface area contributed by atoms with E-state index in [1.807, 2.05) is 0 Å². The van der Waals surface area contributed by atoms with Gasteiger partial charge in [0.05, 0.1) is 51.8 Å². The number of hydrogen-bond donors (Lipinski definition) is 6. The molecule has 36 heavy (non-hydrogen) atoms. The summed E-state index contributed by atoms with van der Waals surface area (Å²) in [6, 6.07) is 3.84. The molecule has 0 spiro atoms. The van der Waals surface area contributed by atoms with Crippen molar-refractivity contribution in [3.8, 4) is 0 Å². The summed E-state index contributed by atoms with van der Waals surface area (Å²) in [5.74, 6) is -3.17. The topological polar surface area (TPSA) is 204 Å². The molecule has 1 aliphatic heterocycles. The monoisotopic (exact) mass is 511 g/mol. The number of rotatable bonds is 11. The first kappa shape index (κ1) is 28.7. The van der Waals surface area contributed by atoms with Crippen LogP contribution >= 0.6 is 0 Å². The predicted molar refractivity (Wildman–Crippen MR) is 122 cm³/mol. The summed E-state index contributed by atoms with van der Waals surface area (Å²) in [6.07, 6.45) is -2.43. The van der Waals surface area contributed by atoms with Crippen molar-refractivity contribution in [3.05, 3.63) is 40.6 Å². The Morgan fingerprint density at radius 3 is 1.86 bits per heavy atom. The molecule has 1 aromatic rings. The number of carbonyl (C=O) groups is 4. The van der Waals surface area contributed by atoms with Gasteiger partial charge in [-0.3, -0.25) is 9.59 Å². The Hall–Kier alpha value is -3.56. The maximum atomic E-state index is 12.7. The quantitative estimate of drug-likeness (QED) is 0.167. The Bertz CT molecular complexity index is 967. The van der Waals surface area contributed by atoms with Gasteiger partial charge in [-0.25, -0.2) is 9.59 Å². The largest absolute Gasteiger partial charge is 0.466 e. The van der Waals surface area contributed by atoms with Crippen LogP contribution in [0.15, 0.2) is 29.5 Å². The maximum Gasteiger partial charge on any atom is 0.355 e. The molecule has 0 radical (unpaired) electrons. The summed E-state index contributed by atoms with van der Waals surface area (Å²) in [4.78, 5) is 51.6. The molecule has 2 atom stereocenters. The summed E-state index contributed by atoms with van der Waals surface area (Å²) in [5, 5.41) is 41.8. The minimum Gasteiger partial charge on any atom is -0.466 e. The zero-order valence-corrected chi connectivity index (χ0v) is 19.7. The SMILES string of the molecule is COC(=O)C1=C(C(=O)OC)N(c2cc(C(=O)NCC(O)CO)cc(C(=O)NCC(O)CO)c2)COC1. The van der Waals surface area contributed by atoms with Gasteiger partial charge >= 0.3 is 11.9 Å². The van der Waals surface area contributed by atoms with Crippen molar-refractivity contribution in [2.75, 3.05) is 58.8 Å². The lowest BCUT2D eigenvalue weighted by Crippen LogP contribution is -2.39. The van der Waals surface area contributed by atoms with E-state index < -0.39 is 49.2 Å². The first-order valence-corrected chi connectivity index (χ1v) is 10.7. The number of methoxy groups -OCH3 is 2. The highest BCUT2D eigenvalue weighted by molar-refractivity contribution is 6.05. The Balaban J connectivity index is 2.57. The highest BCUT2D eigenvalue weighted by Crippen LogP contribution is 2.29. The van der Waals surface area contributed by atoms with Crippen LogP contribution in [-0.4, -0.2) is 110 Å². The van der Waals surface area contributed by atoms with Crippen LogP contribution in [0.4, 0.5) is 5.69 Å². The summed E-state index contributed by atoms with van der Waals surface area (Å²) in [7, 11) is 2.23. The van der Waals surface area contributed by atoms with Crippen molar-refractivity contribution < 1.29 is 53.8 Å². The molecule has 1 aliphatic rings. The molecular weight excluding hydrogens is 482 g/mol. The molecule has 0 aliphatic carbocycles. The third kappa shape index (κ3) is 7.22. The molecular formula is C22H29N3O11. The van der Waals surface area contributed by atoms with E-state index in [2.05, 4.69) is 10.6 Å². The fourth-order valence-electron chi connectivity index (χ4n) is 3.13. The molecule has 1 aromatic carbocycles. The van der Waals surface area contributed by atoms with E-state index in [1.165, 1.54) is 23.1 Å². The van der Waals surface area contributed by atoms with Gasteiger partial charge in [0, 0.05) is 29.9 Å². The first-order valence-electron chi connectivity index (χ1n) is 10.7. The number of ether oxygens (including phenoxy) is 3. The average molecular weight is 511 g/mol. The second kappa shape index (κ2) is 13.5. The molecule has 0 saturated heterocycles. The van der Waals surface area contributed by atoms with Gasteiger partial charge in [-0.2, -0.15) is 0 Å². The molecule has 2 amide bonds. The van der Waals surface area contributed by atoms with Crippen LogP contribution < -0.4 is 15.5 Å². The van der Waals surface area contributed by atoms with Crippen LogP contribution in [0.1, 0.15) is 20.7 Å². The minimum atomic E-state index is -1.22. The van der Waals surface area contributed by atoms with Crippen LogP contribution in [0.5, 0.6) is 0 Å². The lowest BCUT2D eigenvalue weighted by molar-refractivity contribution is -0.140. The van der Waals surface area contributed by atoms with Gasteiger partial charge in [0.1, 0.15) is 12.4 Å². The van der Waals surface area contributed by atoms with Crippen LogP contribution in [-0.2, 0) is 23.8 Å². The smallest absolute Gasteiger partial charge is 0.355 e. The van der Waals surface area contributed by atoms with Gasteiger partial charge in [-0.05, 0) is 18.2 Å². The van der Waals surface area contributed by atoms with E-state index in [0.29, 0.717) is 0 Å². The van der Waals surface area contributed by atoms with E-state index in [4.69, 9.17) is 24.4 Å². The van der Waals surface area contributed by atoms with Crippen molar-refractivity contribution in [3.63, 3.8) is 0 Å². The van der Waals surface area contributed by atoms with Crippen molar-refractivity contribution in [1.82, 2.24) is 10.6 Å². The van der Waals surface area contributed by atoms with E-state index in [9.17, 15) is 29.4 Å².